The van der Waals surface area contributed by atoms with Crippen LogP contribution < -0.4 is 10.5 Å². The monoisotopic (exact) mass is 453 g/mol. The van der Waals surface area contributed by atoms with Gasteiger partial charge in [0, 0.05) is 30.3 Å². The number of benzene rings is 2. The first-order valence-electron chi connectivity index (χ1n) is 10.9. The van der Waals surface area contributed by atoms with E-state index in [4.69, 9.17) is 15.2 Å². The van der Waals surface area contributed by atoms with E-state index in [2.05, 4.69) is 18.2 Å². The average molecular weight is 454 g/mol. The fourth-order valence-corrected chi connectivity index (χ4v) is 5.13. The lowest BCUT2D eigenvalue weighted by atomic mass is 9.57. The fraction of sp³-hybridized carbons (Fsp3) is 0.308. The molecule has 8 heteroatoms. The van der Waals surface area contributed by atoms with Crippen molar-refractivity contribution in [1.82, 2.24) is 4.90 Å². The summed E-state index contributed by atoms with van der Waals surface area (Å²) in [6.07, 6.45) is 1.28. The molecule has 1 aliphatic carbocycles. The van der Waals surface area contributed by atoms with Crippen LogP contribution in [0.4, 0.5) is 4.79 Å². The van der Waals surface area contributed by atoms with Crippen molar-refractivity contribution in [3.05, 3.63) is 64.9 Å². The third kappa shape index (κ3) is 3.22. The van der Waals surface area contributed by atoms with Gasteiger partial charge < -0.3 is 20.1 Å². The van der Waals surface area contributed by atoms with Gasteiger partial charge in [-0.1, -0.05) is 36.4 Å². The maximum Gasteiger partial charge on any atom is 0.410 e. The highest BCUT2D eigenvalue weighted by Gasteiger charge is 2.55. The maximum absolute atomic E-state index is 12.6. The number of nitriles is 3. The van der Waals surface area contributed by atoms with Gasteiger partial charge in [-0.2, -0.15) is 15.8 Å². The third-order valence-electron chi connectivity index (χ3n) is 6.66. The molecule has 0 saturated heterocycles. The second-order valence-corrected chi connectivity index (χ2v) is 8.18. The summed E-state index contributed by atoms with van der Waals surface area (Å²) in [6.45, 7) is 2.37. The highest BCUT2D eigenvalue weighted by atomic mass is 16.6. The molecule has 0 aromatic heterocycles. The molecule has 170 valence electrons. The second kappa shape index (κ2) is 8.81. The molecule has 0 saturated carbocycles. The predicted molar refractivity (Wildman–Crippen MR) is 124 cm³/mol. The summed E-state index contributed by atoms with van der Waals surface area (Å²) in [5.41, 5.74) is 6.04. The van der Waals surface area contributed by atoms with Crippen LogP contribution in [0.5, 0.6) is 5.75 Å². The Morgan fingerprint density at radius 3 is 2.50 bits per heavy atom. The Morgan fingerprint density at radius 2 is 1.88 bits per heavy atom. The first kappa shape index (κ1) is 22.7. The molecule has 0 fully saturated rings. The molecule has 4 rings (SSSR count). The van der Waals surface area contributed by atoms with Crippen molar-refractivity contribution in [3.8, 4) is 24.0 Å². The van der Waals surface area contributed by atoms with Gasteiger partial charge in [0.1, 0.15) is 11.8 Å². The van der Waals surface area contributed by atoms with Crippen molar-refractivity contribution in [1.29, 1.82) is 15.8 Å². The highest BCUT2D eigenvalue weighted by Crippen LogP contribution is 2.55. The van der Waals surface area contributed by atoms with Crippen LogP contribution in [0.15, 0.2) is 59.3 Å². The lowest BCUT2D eigenvalue weighted by Crippen LogP contribution is -2.49. The predicted octanol–water partition coefficient (Wildman–Crippen LogP) is 3.73. The minimum absolute atomic E-state index is 0.0583. The quantitative estimate of drug-likeness (QED) is 0.747. The number of nitrogens with two attached hydrogens (primary N) is 1. The number of nitrogens with zero attached hydrogens (tertiary/aromatic N) is 4. The van der Waals surface area contributed by atoms with Crippen LogP contribution in [-0.4, -0.2) is 37.8 Å². The van der Waals surface area contributed by atoms with Crippen molar-refractivity contribution < 1.29 is 14.3 Å². The molecule has 2 aromatic rings. The number of hydrogen-bond acceptors (Lipinski definition) is 7. The molecular formula is C26H23N5O3. The van der Waals surface area contributed by atoms with E-state index < -0.39 is 23.3 Å². The molecule has 0 radical (unpaired) electrons. The number of carbonyl (C=O) groups is 1. The zero-order valence-electron chi connectivity index (χ0n) is 18.9. The SMILES string of the molecule is CCOC(=O)N1CC=C2C(C#N)=C(N)C(C#N)(C#N)[C@@H](c3ccc(OC)c4ccccc34)[C@@H]2C1. The van der Waals surface area contributed by atoms with Crippen molar-refractivity contribution >= 4 is 16.9 Å². The van der Waals surface area contributed by atoms with E-state index >= 15 is 0 Å². The molecular weight excluding hydrogens is 430 g/mol. The van der Waals surface area contributed by atoms with E-state index in [0.29, 0.717) is 11.3 Å². The smallest absolute Gasteiger partial charge is 0.410 e. The molecule has 2 N–H and O–H groups in total. The van der Waals surface area contributed by atoms with E-state index in [0.717, 1.165) is 16.3 Å². The van der Waals surface area contributed by atoms with E-state index in [-0.39, 0.29) is 31.0 Å². The highest BCUT2D eigenvalue weighted by molar-refractivity contribution is 5.92. The molecule has 2 aliphatic rings. The van der Waals surface area contributed by atoms with Crippen LogP contribution in [0.25, 0.3) is 10.8 Å². The van der Waals surface area contributed by atoms with E-state index in [9.17, 15) is 20.6 Å². The van der Waals surface area contributed by atoms with Gasteiger partial charge in [0.2, 0.25) is 0 Å². The molecule has 0 spiro atoms. The largest absolute Gasteiger partial charge is 0.496 e. The Labute approximate surface area is 197 Å². The van der Waals surface area contributed by atoms with Gasteiger partial charge in [0.15, 0.2) is 5.41 Å². The van der Waals surface area contributed by atoms with Crippen LogP contribution in [0.1, 0.15) is 18.4 Å². The molecule has 34 heavy (non-hydrogen) atoms. The molecule has 1 heterocycles. The Morgan fingerprint density at radius 1 is 1.18 bits per heavy atom. The zero-order chi connectivity index (χ0) is 24.5. The lowest BCUT2D eigenvalue weighted by molar-refractivity contribution is 0.1000. The Bertz CT molecular complexity index is 1340. The lowest BCUT2D eigenvalue weighted by Gasteiger charge is -2.45. The molecule has 0 unspecified atom stereocenters. The van der Waals surface area contributed by atoms with Gasteiger partial charge in [0.05, 0.1) is 37.1 Å². The standard InChI is InChI=1S/C26H23N5O3/c1-3-34-25(32)31-11-10-17-20(12-27)24(30)26(14-28,15-29)23(21(17)13-31)19-8-9-22(33-2)18-7-5-4-6-16(18)19/h4-10,21,23H,3,11,13,30H2,1-2H3/t21-,23+/m1/s1. The first-order valence-corrected chi connectivity index (χ1v) is 10.9. The third-order valence-corrected chi connectivity index (χ3v) is 6.66. The number of ether oxygens (including phenoxy) is 2. The fourth-order valence-electron chi connectivity index (χ4n) is 5.13. The summed E-state index contributed by atoms with van der Waals surface area (Å²) in [5, 5.41) is 32.2. The van der Waals surface area contributed by atoms with E-state index in [1.165, 1.54) is 4.90 Å². The normalized spacial score (nSPS) is 20.9. The van der Waals surface area contributed by atoms with Crippen LogP contribution in [-0.2, 0) is 4.74 Å². The van der Waals surface area contributed by atoms with Crippen LogP contribution in [0, 0.1) is 45.3 Å². The van der Waals surface area contributed by atoms with Crippen molar-refractivity contribution in [2.75, 3.05) is 26.8 Å². The van der Waals surface area contributed by atoms with Crippen LogP contribution in [0.2, 0.25) is 0 Å². The molecule has 0 bridgehead atoms. The van der Waals surface area contributed by atoms with E-state index in [1.807, 2.05) is 30.3 Å². The van der Waals surface area contributed by atoms with E-state index in [1.54, 1.807) is 26.2 Å². The summed E-state index contributed by atoms with van der Waals surface area (Å²) in [7, 11) is 1.58. The van der Waals surface area contributed by atoms with Crippen molar-refractivity contribution in [2.45, 2.75) is 12.8 Å². The summed E-state index contributed by atoms with van der Waals surface area (Å²) in [5.74, 6) is -0.599. The number of amides is 1. The summed E-state index contributed by atoms with van der Waals surface area (Å²) in [4.78, 5) is 14.1. The second-order valence-electron chi connectivity index (χ2n) is 8.18. The van der Waals surface area contributed by atoms with Gasteiger partial charge in [-0.05, 0) is 29.5 Å². The van der Waals surface area contributed by atoms with Crippen molar-refractivity contribution in [2.24, 2.45) is 17.1 Å². The number of methoxy groups -OCH3 is 1. The molecule has 2 aromatic carbocycles. The van der Waals surface area contributed by atoms with Gasteiger partial charge in [-0.3, -0.25) is 0 Å². The molecule has 2 atom stereocenters. The number of hydrogen-bond donors (Lipinski definition) is 1. The first-order chi connectivity index (χ1) is 16.5. The minimum atomic E-state index is -1.80. The number of carbonyl (C=O) groups excluding carboxylic acids is 1. The van der Waals surface area contributed by atoms with Gasteiger partial charge in [-0.15, -0.1) is 0 Å². The van der Waals surface area contributed by atoms with Crippen LogP contribution >= 0.6 is 0 Å². The Balaban J connectivity index is 2.02. The van der Waals surface area contributed by atoms with Gasteiger partial charge in [0.25, 0.3) is 0 Å². The van der Waals surface area contributed by atoms with Gasteiger partial charge >= 0.3 is 6.09 Å². The minimum Gasteiger partial charge on any atom is -0.496 e. The summed E-state index contributed by atoms with van der Waals surface area (Å²) >= 11 is 0. The molecule has 1 amide bonds. The number of allylic oxidation sites excluding steroid dienone is 2. The zero-order valence-corrected chi connectivity index (χ0v) is 18.9. The number of fused-ring (bicyclic) bond motifs is 2. The summed E-state index contributed by atoms with van der Waals surface area (Å²) < 4.78 is 10.7. The Kier molecular flexibility index (Phi) is 5.88. The molecule has 8 nitrogen and oxygen atoms in total. The topological polar surface area (TPSA) is 136 Å². The summed E-state index contributed by atoms with van der Waals surface area (Å²) in [6, 6.07) is 17.6. The molecule has 1 aliphatic heterocycles. The maximum atomic E-state index is 12.6. The average Bonchev–Trinajstić information content (AvgIpc) is 2.87. The number of rotatable bonds is 3. The van der Waals surface area contributed by atoms with Gasteiger partial charge in [-0.25, -0.2) is 4.79 Å². The van der Waals surface area contributed by atoms with Crippen molar-refractivity contribution in [3.63, 3.8) is 0 Å². The van der Waals surface area contributed by atoms with Crippen LogP contribution in [0.3, 0.4) is 0 Å². The Hall–Kier alpha value is -4.48.